The molecule has 1 rings (SSSR count). The van der Waals surface area contributed by atoms with Crippen LogP contribution in [-0.4, -0.2) is 23.2 Å². The molecule has 1 amide bonds. The Kier molecular flexibility index (Phi) is 4.26. The minimum Gasteiger partial charge on any atom is -0.394 e. The Balaban J connectivity index is 2.89. The molecule has 0 fully saturated rings. The summed E-state index contributed by atoms with van der Waals surface area (Å²) in [5.41, 5.74) is -0.280. The monoisotopic (exact) mass is 337 g/mol. The van der Waals surface area contributed by atoms with Gasteiger partial charge in [0.2, 0.25) is 0 Å². The highest BCUT2D eigenvalue weighted by atomic mass is 127. The van der Waals surface area contributed by atoms with E-state index in [4.69, 9.17) is 5.11 Å². The zero-order chi connectivity index (χ0) is 12.3. The maximum absolute atomic E-state index is 12.8. The van der Waals surface area contributed by atoms with Crippen molar-refractivity contribution in [3.8, 4) is 0 Å². The van der Waals surface area contributed by atoms with Gasteiger partial charge in [0, 0.05) is 3.57 Å². The number of carbonyl (C=O) groups excluding carboxylic acids is 1. The standard InChI is InChI=1S/C11H13FINO2/c1-11(2,6-15)14-10(16)8-4-3-7(12)5-9(8)13/h3-5,15H,6H2,1-2H3,(H,14,16). The van der Waals surface area contributed by atoms with Gasteiger partial charge in [-0.1, -0.05) is 0 Å². The lowest BCUT2D eigenvalue weighted by atomic mass is 10.1. The highest BCUT2D eigenvalue weighted by molar-refractivity contribution is 14.1. The lowest BCUT2D eigenvalue weighted by molar-refractivity contribution is 0.0868. The van der Waals surface area contributed by atoms with Crippen LogP contribution in [0.5, 0.6) is 0 Å². The van der Waals surface area contributed by atoms with E-state index in [1.54, 1.807) is 13.8 Å². The average Bonchev–Trinajstić information content (AvgIpc) is 2.16. The Morgan fingerprint density at radius 1 is 1.56 bits per heavy atom. The van der Waals surface area contributed by atoms with Gasteiger partial charge in [-0.3, -0.25) is 4.79 Å². The lowest BCUT2D eigenvalue weighted by Crippen LogP contribution is -2.46. The van der Waals surface area contributed by atoms with Gasteiger partial charge in [0.05, 0.1) is 17.7 Å². The maximum Gasteiger partial charge on any atom is 0.252 e. The van der Waals surface area contributed by atoms with Crippen molar-refractivity contribution >= 4 is 28.5 Å². The van der Waals surface area contributed by atoms with Crippen LogP contribution in [0, 0.1) is 9.39 Å². The number of hydrogen-bond donors (Lipinski definition) is 2. The molecule has 16 heavy (non-hydrogen) atoms. The zero-order valence-electron chi connectivity index (χ0n) is 9.05. The van der Waals surface area contributed by atoms with Crippen LogP contribution in [0.25, 0.3) is 0 Å². The van der Waals surface area contributed by atoms with Crippen LogP contribution >= 0.6 is 22.6 Å². The Bertz CT molecular complexity index is 407. The largest absolute Gasteiger partial charge is 0.394 e. The third kappa shape index (κ3) is 3.41. The number of halogens is 2. The molecule has 0 spiro atoms. The first kappa shape index (κ1) is 13.4. The molecule has 1 aromatic carbocycles. The van der Waals surface area contributed by atoms with E-state index in [0.29, 0.717) is 9.13 Å². The lowest BCUT2D eigenvalue weighted by Gasteiger charge is -2.23. The van der Waals surface area contributed by atoms with E-state index in [9.17, 15) is 9.18 Å². The van der Waals surface area contributed by atoms with Crippen molar-refractivity contribution in [2.24, 2.45) is 0 Å². The first-order chi connectivity index (χ1) is 7.35. The van der Waals surface area contributed by atoms with E-state index in [1.165, 1.54) is 18.2 Å². The molecule has 1 aromatic rings. The number of amides is 1. The number of aliphatic hydroxyl groups excluding tert-OH is 1. The molecule has 3 nitrogen and oxygen atoms in total. The smallest absolute Gasteiger partial charge is 0.252 e. The van der Waals surface area contributed by atoms with Gasteiger partial charge in [0.1, 0.15) is 5.82 Å². The van der Waals surface area contributed by atoms with Crippen molar-refractivity contribution < 1.29 is 14.3 Å². The van der Waals surface area contributed by atoms with Gasteiger partial charge < -0.3 is 10.4 Å². The van der Waals surface area contributed by atoms with Crippen LogP contribution in [0.2, 0.25) is 0 Å². The average molecular weight is 337 g/mol. The second-order valence-corrected chi connectivity index (χ2v) is 5.28. The number of hydrogen-bond acceptors (Lipinski definition) is 2. The van der Waals surface area contributed by atoms with Crippen LogP contribution in [0.1, 0.15) is 24.2 Å². The SMILES string of the molecule is CC(C)(CO)NC(=O)c1ccc(F)cc1I. The fraction of sp³-hybridized carbons (Fsp3) is 0.364. The highest BCUT2D eigenvalue weighted by Gasteiger charge is 2.21. The molecule has 0 aliphatic carbocycles. The highest BCUT2D eigenvalue weighted by Crippen LogP contribution is 2.15. The molecule has 88 valence electrons. The number of nitrogens with one attached hydrogen (secondary N) is 1. The van der Waals surface area contributed by atoms with Crippen LogP contribution < -0.4 is 5.32 Å². The summed E-state index contributed by atoms with van der Waals surface area (Å²) in [6.45, 7) is 3.26. The van der Waals surface area contributed by atoms with Gasteiger partial charge in [0.15, 0.2) is 0 Å². The van der Waals surface area contributed by atoms with Crippen molar-refractivity contribution in [1.29, 1.82) is 0 Å². The fourth-order valence-electron chi connectivity index (χ4n) is 1.09. The molecule has 0 saturated heterocycles. The predicted molar refractivity (Wildman–Crippen MR) is 67.7 cm³/mol. The van der Waals surface area contributed by atoms with Gasteiger partial charge in [-0.05, 0) is 54.6 Å². The van der Waals surface area contributed by atoms with E-state index in [1.807, 2.05) is 22.6 Å². The topological polar surface area (TPSA) is 49.3 Å². The quantitative estimate of drug-likeness (QED) is 0.828. The Hall–Kier alpha value is -0.690. The molecule has 0 aromatic heterocycles. The van der Waals surface area contributed by atoms with Gasteiger partial charge in [-0.25, -0.2) is 4.39 Å². The zero-order valence-corrected chi connectivity index (χ0v) is 11.2. The Labute approximate surface area is 107 Å². The summed E-state index contributed by atoms with van der Waals surface area (Å²) >= 11 is 1.90. The summed E-state index contributed by atoms with van der Waals surface area (Å²) in [5, 5.41) is 11.7. The van der Waals surface area contributed by atoms with Gasteiger partial charge in [0.25, 0.3) is 5.91 Å². The first-order valence-electron chi connectivity index (χ1n) is 4.74. The Morgan fingerprint density at radius 3 is 2.69 bits per heavy atom. The number of rotatable bonds is 3. The molecule has 0 aliphatic rings. The molecule has 2 N–H and O–H groups in total. The number of aliphatic hydroxyl groups is 1. The van der Waals surface area contributed by atoms with Crippen molar-refractivity contribution in [2.75, 3.05) is 6.61 Å². The molecule has 0 unspecified atom stereocenters. The van der Waals surface area contributed by atoms with Crippen LogP contribution in [0.4, 0.5) is 4.39 Å². The van der Waals surface area contributed by atoms with Crippen molar-refractivity contribution in [3.05, 3.63) is 33.1 Å². The molecule has 0 radical (unpaired) electrons. The summed E-state index contributed by atoms with van der Waals surface area (Å²) in [6, 6.07) is 3.96. The molecule has 0 atom stereocenters. The van der Waals surface area contributed by atoms with Crippen molar-refractivity contribution in [2.45, 2.75) is 19.4 Å². The molecular weight excluding hydrogens is 324 g/mol. The summed E-state index contributed by atoms with van der Waals surface area (Å²) in [4.78, 5) is 11.8. The fourth-order valence-corrected chi connectivity index (χ4v) is 1.81. The third-order valence-electron chi connectivity index (χ3n) is 2.02. The molecule has 0 saturated carbocycles. The first-order valence-corrected chi connectivity index (χ1v) is 5.82. The predicted octanol–water partition coefficient (Wildman–Crippen LogP) is 1.93. The second-order valence-electron chi connectivity index (χ2n) is 4.12. The molecular formula is C11H13FINO2. The minimum absolute atomic E-state index is 0.156. The maximum atomic E-state index is 12.8. The van der Waals surface area contributed by atoms with E-state index in [-0.39, 0.29) is 18.3 Å². The summed E-state index contributed by atoms with van der Waals surface area (Å²) < 4.78 is 13.4. The number of carbonyl (C=O) groups is 1. The summed E-state index contributed by atoms with van der Waals surface area (Å²) in [6.07, 6.45) is 0. The van der Waals surface area contributed by atoms with Crippen molar-refractivity contribution in [3.63, 3.8) is 0 Å². The van der Waals surface area contributed by atoms with Gasteiger partial charge in [-0.2, -0.15) is 0 Å². The van der Waals surface area contributed by atoms with E-state index < -0.39 is 5.54 Å². The number of benzene rings is 1. The molecule has 5 heteroatoms. The van der Waals surface area contributed by atoms with Crippen LogP contribution in [0.15, 0.2) is 18.2 Å². The van der Waals surface area contributed by atoms with E-state index in [0.717, 1.165) is 0 Å². The molecule has 0 heterocycles. The van der Waals surface area contributed by atoms with Gasteiger partial charge >= 0.3 is 0 Å². The van der Waals surface area contributed by atoms with E-state index >= 15 is 0 Å². The Morgan fingerprint density at radius 2 is 2.19 bits per heavy atom. The molecule has 0 aliphatic heterocycles. The van der Waals surface area contributed by atoms with Crippen LogP contribution in [-0.2, 0) is 0 Å². The van der Waals surface area contributed by atoms with Crippen molar-refractivity contribution in [1.82, 2.24) is 5.32 Å². The summed E-state index contributed by atoms with van der Waals surface area (Å²) in [7, 11) is 0. The third-order valence-corrected chi connectivity index (χ3v) is 2.92. The van der Waals surface area contributed by atoms with Gasteiger partial charge in [-0.15, -0.1) is 0 Å². The normalized spacial score (nSPS) is 11.3. The second kappa shape index (κ2) is 5.09. The minimum atomic E-state index is -0.686. The van der Waals surface area contributed by atoms with Crippen LogP contribution in [0.3, 0.4) is 0 Å². The molecule has 0 bridgehead atoms. The van der Waals surface area contributed by atoms with E-state index in [2.05, 4.69) is 5.32 Å². The summed E-state index contributed by atoms with van der Waals surface area (Å²) in [5.74, 6) is -0.689.